The Morgan fingerprint density at radius 1 is 1.00 bits per heavy atom. The molecule has 0 aromatic heterocycles. The Labute approximate surface area is 116 Å². The largest absolute Gasteiger partial charge is 0.364 e. The number of hydrogen-bond donors (Lipinski definition) is 4. The summed E-state index contributed by atoms with van der Waals surface area (Å²) in [7, 11) is 0. The lowest BCUT2D eigenvalue weighted by Crippen LogP contribution is -2.05. The minimum Gasteiger partial charge on any atom is -0.364 e. The summed E-state index contributed by atoms with van der Waals surface area (Å²) >= 11 is 0. The van der Waals surface area contributed by atoms with E-state index in [0.29, 0.717) is 5.56 Å². The van der Waals surface area contributed by atoms with Gasteiger partial charge in [0, 0.05) is 29.5 Å². The molecule has 0 saturated carbocycles. The molecule has 0 aliphatic rings. The Morgan fingerprint density at radius 2 is 1.65 bits per heavy atom. The van der Waals surface area contributed by atoms with Crippen LogP contribution in [0.25, 0.3) is 0 Å². The summed E-state index contributed by atoms with van der Waals surface area (Å²) in [4.78, 5) is 10.9. The molecular weight excluding hydrogens is 256 g/mol. The van der Waals surface area contributed by atoms with E-state index in [1.807, 2.05) is 18.2 Å². The Bertz CT molecular complexity index is 594. The van der Waals surface area contributed by atoms with Crippen LogP contribution in [0.3, 0.4) is 0 Å². The molecule has 0 heterocycles. The minimum absolute atomic E-state index is 0.115. The number of anilines is 3. The molecule has 20 heavy (non-hydrogen) atoms. The molecule has 2 aromatic carbocycles. The Morgan fingerprint density at radius 3 is 2.25 bits per heavy atom. The van der Waals surface area contributed by atoms with E-state index in [1.165, 1.54) is 6.92 Å². The van der Waals surface area contributed by atoms with Gasteiger partial charge in [-0.05, 0) is 36.4 Å². The fourth-order valence-electron chi connectivity index (χ4n) is 1.78. The Balaban J connectivity index is 2.10. The number of aliphatic hydroxyl groups excluding tert-OH is 1. The van der Waals surface area contributed by atoms with Crippen LogP contribution in [0.1, 0.15) is 18.8 Å². The molecule has 2 aromatic rings. The van der Waals surface area contributed by atoms with Crippen molar-refractivity contribution in [2.45, 2.75) is 13.2 Å². The van der Waals surface area contributed by atoms with Crippen molar-refractivity contribution >= 4 is 23.0 Å². The third-order valence-electron chi connectivity index (χ3n) is 2.68. The highest BCUT2D eigenvalue weighted by Crippen LogP contribution is 2.21. The number of amides is 1. The smallest absolute Gasteiger partial charge is 0.221 e. The van der Waals surface area contributed by atoms with Crippen molar-refractivity contribution in [3.05, 3.63) is 54.1 Å². The number of benzene rings is 2. The van der Waals surface area contributed by atoms with Gasteiger partial charge in [-0.2, -0.15) is 0 Å². The van der Waals surface area contributed by atoms with E-state index < -0.39 is 6.29 Å². The summed E-state index contributed by atoms with van der Waals surface area (Å²) in [5.41, 5.74) is 2.74. The molecule has 0 unspecified atom stereocenters. The molecular formula is C15H16N2O3. The van der Waals surface area contributed by atoms with Gasteiger partial charge in [0.1, 0.15) is 0 Å². The maximum atomic E-state index is 10.9. The molecule has 0 bridgehead atoms. The van der Waals surface area contributed by atoms with Crippen LogP contribution in [0.4, 0.5) is 17.1 Å². The third-order valence-corrected chi connectivity index (χ3v) is 2.68. The second-order valence-corrected chi connectivity index (χ2v) is 4.38. The lowest BCUT2D eigenvalue weighted by molar-refractivity contribution is -0.114. The summed E-state index contributed by atoms with van der Waals surface area (Å²) in [6, 6.07) is 14.1. The summed E-state index contributed by atoms with van der Waals surface area (Å²) in [5, 5.41) is 24.1. The first-order valence-electron chi connectivity index (χ1n) is 6.15. The van der Waals surface area contributed by atoms with Crippen LogP contribution in [0.5, 0.6) is 0 Å². The van der Waals surface area contributed by atoms with Crippen molar-refractivity contribution in [1.82, 2.24) is 0 Å². The second kappa shape index (κ2) is 6.18. The van der Waals surface area contributed by atoms with Crippen LogP contribution in [0.15, 0.2) is 48.5 Å². The predicted molar refractivity (Wildman–Crippen MR) is 77.6 cm³/mol. The van der Waals surface area contributed by atoms with Gasteiger partial charge in [-0.25, -0.2) is 0 Å². The lowest BCUT2D eigenvalue weighted by atomic mass is 10.2. The number of carbonyl (C=O) groups excluding carboxylic acids is 1. The van der Waals surface area contributed by atoms with Crippen LogP contribution in [-0.4, -0.2) is 16.1 Å². The SMILES string of the molecule is CC(=O)Nc1ccc(Nc2cccc(C(O)O)c2)cc1. The number of hydrogen-bond acceptors (Lipinski definition) is 4. The average Bonchev–Trinajstić information content (AvgIpc) is 2.41. The molecule has 0 radical (unpaired) electrons. The quantitative estimate of drug-likeness (QED) is 0.644. The molecule has 0 aliphatic carbocycles. The van der Waals surface area contributed by atoms with Gasteiger partial charge in [-0.3, -0.25) is 4.79 Å². The molecule has 0 aliphatic heterocycles. The van der Waals surface area contributed by atoms with Crippen molar-refractivity contribution in [2.75, 3.05) is 10.6 Å². The predicted octanol–water partition coefficient (Wildman–Crippen LogP) is 2.37. The molecule has 0 saturated heterocycles. The second-order valence-electron chi connectivity index (χ2n) is 4.38. The highest BCUT2D eigenvalue weighted by atomic mass is 16.5. The van der Waals surface area contributed by atoms with Crippen molar-refractivity contribution < 1.29 is 15.0 Å². The highest BCUT2D eigenvalue weighted by molar-refractivity contribution is 5.88. The maximum absolute atomic E-state index is 10.9. The first-order valence-corrected chi connectivity index (χ1v) is 6.15. The molecule has 0 fully saturated rings. The van der Waals surface area contributed by atoms with Crippen molar-refractivity contribution in [1.29, 1.82) is 0 Å². The first kappa shape index (κ1) is 14.0. The number of nitrogens with one attached hydrogen (secondary N) is 2. The Kier molecular flexibility index (Phi) is 4.34. The standard InChI is InChI=1S/C15H16N2O3/c1-10(18)16-12-5-7-13(8-6-12)17-14-4-2-3-11(9-14)15(19)20/h2-9,15,17,19-20H,1H3,(H,16,18). The van der Waals surface area contributed by atoms with Crippen LogP contribution >= 0.6 is 0 Å². The van der Waals surface area contributed by atoms with E-state index in [2.05, 4.69) is 10.6 Å². The van der Waals surface area contributed by atoms with Gasteiger partial charge >= 0.3 is 0 Å². The molecule has 1 amide bonds. The summed E-state index contributed by atoms with van der Waals surface area (Å²) in [6.45, 7) is 1.46. The van der Waals surface area contributed by atoms with Gasteiger partial charge in [0.2, 0.25) is 5.91 Å². The van der Waals surface area contributed by atoms with Crippen LogP contribution in [-0.2, 0) is 4.79 Å². The van der Waals surface area contributed by atoms with Gasteiger partial charge in [-0.1, -0.05) is 12.1 Å². The monoisotopic (exact) mass is 272 g/mol. The summed E-state index contributed by atoms with van der Waals surface area (Å²) in [5.74, 6) is -0.115. The van der Waals surface area contributed by atoms with Crippen molar-refractivity contribution in [2.24, 2.45) is 0 Å². The van der Waals surface area contributed by atoms with E-state index in [-0.39, 0.29) is 5.91 Å². The normalized spacial score (nSPS) is 10.4. The van der Waals surface area contributed by atoms with Gasteiger partial charge in [0.05, 0.1) is 0 Å². The van der Waals surface area contributed by atoms with Crippen molar-refractivity contribution in [3.8, 4) is 0 Å². The topological polar surface area (TPSA) is 81.6 Å². The van der Waals surface area contributed by atoms with Gasteiger partial charge < -0.3 is 20.8 Å². The van der Waals surface area contributed by atoms with Gasteiger partial charge in [0.15, 0.2) is 6.29 Å². The van der Waals surface area contributed by atoms with Gasteiger partial charge in [0.25, 0.3) is 0 Å². The van der Waals surface area contributed by atoms with E-state index >= 15 is 0 Å². The summed E-state index contributed by atoms with van der Waals surface area (Å²) in [6.07, 6.45) is -1.49. The maximum Gasteiger partial charge on any atom is 0.221 e. The Hall–Kier alpha value is -2.37. The fraction of sp³-hybridized carbons (Fsp3) is 0.133. The molecule has 0 atom stereocenters. The van der Waals surface area contributed by atoms with E-state index in [9.17, 15) is 4.79 Å². The van der Waals surface area contributed by atoms with E-state index in [0.717, 1.165) is 17.1 Å². The number of aliphatic hydroxyl groups is 2. The molecule has 5 nitrogen and oxygen atoms in total. The zero-order valence-corrected chi connectivity index (χ0v) is 11.0. The summed E-state index contributed by atoms with van der Waals surface area (Å²) < 4.78 is 0. The van der Waals surface area contributed by atoms with Crippen LogP contribution in [0.2, 0.25) is 0 Å². The third kappa shape index (κ3) is 3.81. The van der Waals surface area contributed by atoms with E-state index in [1.54, 1.807) is 30.3 Å². The molecule has 2 rings (SSSR count). The minimum atomic E-state index is -1.49. The zero-order valence-electron chi connectivity index (χ0n) is 11.0. The molecule has 0 spiro atoms. The molecule has 104 valence electrons. The number of carbonyl (C=O) groups is 1. The highest BCUT2D eigenvalue weighted by Gasteiger charge is 2.03. The zero-order chi connectivity index (χ0) is 14.5. The number of rotatable bonds is 4. The van der Waals surface area contributed by atoms with Gasteiger partial charge in [-0.15, -0.1) is 0 Å². The van der Waals surface area contributed by atoms with Crippen molar-refractivity contribution in [3.63, 3.8) is 0 Å². The average molecular weight is 272 g/mol. The molecule has 4 N–H and O–H groups in total. The van der Waals surface area contributed by atoms with E-state index in [4.69, 9.17) is 10.2 Å². The molecule has 5 heteroatoms. The van der Waals surface area contributed by atoms with Crippen LogP contribution < -0.4 is 10.6 Å². The van der Waals surface area contributed by atoms with Crippen LogP contribution in [0, 0.1) is 0 Å². The fourth-order valence-corrected chi connectivity index (χ4v) is 1.78. The lowest BCUT2D eigenvalue weighted by Gasteiger charge is -2.10. The first-order chi connectivity index (χ1) is 9.54.